The van der Waals surface area contributed by atoms with E-state index in [-0.39, 0.29) is 65.5 Å². The molecule has 192 valence electrons. The number of hydrogen-bond donors (Lipinski definition) is 2. The van der Waals surface area contributed by atoms with E-state index in [4.69, 9.17) is 0 Å². The van der Waals surface area contributed by atoms with Crippen molar-refractivity contribution in [2.45, 2.75) is 12.6 Å². The minimum absolute atomic E-state index is 0.0407. The van der Waals surface area contributed by atoms with Gasteiger partial charge in [-0.25, -0.2) is 0 Å². The van der Waals surface area contributed by atoms with E-state index in [0.29, 0.717) is 0 Å². The number of hydrogen-bond acceptors (Lipinski definition) is 6. The summed E-state index contributed by atoms with van der Waals surface area (Å²) in [6, 6.07) is 7.62. The molecule has 2 N–H and O–H groups in total. The van der Waals surface area contributed by atoms with Crippen LogP contribution in [0.25, 0.3) is 0 Å². The number of carbonyl (C=O) groups excluding carboxylic acids is 3. The van der Waals surface area contributed by atoms with Crippen LogP contribution in [0.15, 0.2) is 54.6 Å². The summed E-state index contributed by atoms with van der Waals surface area (Å²) >= 11 is 0. The van der Waals surface area contributed by atoms with Gasteiger partial charge in [0.2, 0.25) is 11.8 Å². The summed E-state index contributed by atoms with van der Waals surface area (Å²) in [5.74, 6) is -1.75. The first-order chi connectivity index (χ1) is 17.5. The number of benzene rings is 2. The van der Waals surface area contributed by atoms with E-state index in [1.807, 2.05) is 12.2 Å². The minimum atomic E-state index is -4.59. The Hall–Kier alpha value is -4.22. The zero-order valence-electron chi connectivity index (χ0n) is 19.2. The monoisotopic (exact) mass is 514 g/mol. The molecule has 0 spiro atoms. The SMILES string of the molecule is O=C(Nc1cccc(C(F)(F)F)c1)c1ccc(NCCN2C(=O)[C@@H]3[C@@H](C2=O)[C@H]2C=C[C@H]3C2)c([N+](=O)[O-])c1. The molecule has 37 heavy (non-hydrogen) atoms. The quantitative estimate of drug-likeness (QED) is 0.249. The van der Waals surface area contributed by atoms with Crippen molar-refractivity contribution >= 4 is 34.8 Å². The van der Waals surface area contributed by atoms with Crippen LogP contribution in [0.3, 0.4) is 0 Å². The lowest BCUT2D eigenvalue weighted by Gasteiger charge is -2.18. The van der Waals surface area contributed by atoms with Crippen LogP contribution < -0.4 is 10.6 Å². The predicted octanol–water partition coefficient (Wildman–Crippen LogP) is 4.08. The van der Waals surface area contributed by atoms with Gasteiger partial charge in [0.1, 0.15) is 5.69 Å². The lowest BCUT2D eigenvalue weighted by Crippen LogP contribution is -2.36. The van der Waals surface area contributed by atoms with Crippen molar-refractivity contribution in [3.8, 4) is 0 Å². The Balaban J connectivity index is 1.24. The lowest BCUT2D eigenvalue weighted by molar-refractivity contribution is -0.384. The standard InChI is InChI=1S/C25H21F3N4O5/c26-25(27,28)16-2-1-3-17(12-16)30-22(33)15-6-7-18(19(11-15)32(36)37)29-8-9-31-23(34)20-13-4-5-14(10-13)21(20)24(31)35/h1-7,11-14,20-21,29H,8-10H2,(H,30,33)/t13-,14-,20-,21-/m0/s1. The molecule has 2 aromatic carbocycles. The van der Waals surface area contributed by atoms with Crippen molar-refractivity contribution in [1.29, 1.82) is 0 Å². The van der Waals surface area contributed by atoms with E-state index >= 15 is 0 Å². The van der Waals surface area contributed by atoms with Crippen LogP contribution in [0.4, 0.5) is 30.2 Å². The van der Waals surface area contributed by atoms with Gasteiger partial charge in [0.05, 0.1) is 22.3 Å². The van der Waals surface area contributed by atoms with Crippen LogP contribution in [0.1, 0.15) is 22.3 Å². The van der Waals surface area contributed by atoms with Crippen molar-refractivity contribution in [3.05, 3.63) is 75.9 Å². The summed E-state index contributed by atoms with van der Waals surface area (Å²) in [5.41, 5.74) is -1.55. The first-order valence-electron chi connectivity index (χ1n) is 11.6. The Morgan fingerprint density at radius 1 is 1.05 bits per heavy atom. The topological polar surface area (TPSA) is 122 Å². The molecule has 4 atom stereocenters. The number of likely N-dealkylation sites (tertiary alicyclic amines) is 1. The fraction of sp³-hybridized carbons (Fsp3) is 0.320. The van der Waals surface area contributed by atoms with Gasteiger partial charge in [-0.05, 0) is 48.6 Å². The van der Waals surface area contributed by atoms with Gasteiger partial charge in [0, 0.05) is 30.4 Å². The van der Waals surface area contributed by atoms with Crippen LogP contribution in [0.5, 0.6) is 0 Å². The molecule has 2 aromatic rings. The van der Waals surface area contributed by atoms with Gasteiger partial charge >= 0.3 is 6.18 Å². The Kier molecular flexibility index (Phi) is 5.97. The summed E-state index contributed by atoms with van der Waals surface area (Å²) in [7, 11) is 0. The normalized spacial score (nSPS) is 23.9. The number of carbonyl (C=O) groups is 3. The van der Waals surface area contributed by atoms with Crippen molar-refractivity contribution in [2.24, 2.45) is 23.7 Å². The summed E-state index contributed by atoms with van der Waals surface area (Å²) in [6.07, 6.45) is 0.213. The van der Waals surface area contributed by atoms with E-state index in [9.17, 15) is 37.7 Å². The highest BCUT2D eigenvalue weighted by molar-refractivity contribution is 6.06. The van der Waals surface area contributed by atoms with Gasteiger partial charge in [-0.3, -0.25) is 29.4 Å². The van der Waals surface area contributed by atoms with E-state index in [1.54, 1.807) is 0 Å². The molecule has 1 saturated heterocycles. The van der Waals surface area contributed by atoms with Gasteiger partial charge < -0.3 is 10.6 Å². The molecule has 12 heteroatoms. The molecule has 2 bridgehead atoms. The minimum Gasteiger partial charge on any atom is -0.378 e. The molecule has 9 nitrogen and oxygen atoms in total. The second kappa shape index (κ2) is 9.02. The number of halogens is 3. The van der Waals surface area contributed by atoms with E-state index in [2.05, 4.69) is 10.6 Å². The number of nitrogens with one attached hydrogen (secondary N) is 2. The van der Waals surface area contributed by atoms with Gasteiger partial charge in [-0.2, -0.15) is 13.2 Å². The first kappa shape index (κ1) is 24.5. The Bertz CT molecular complexity index is 1310. The highest BCUT2D eigenvalue weighted by atomic mass is 19.4. The Labute approximate surface area is 208 Å². The molecule has 2 fully saturated rings. The van der Waals surface area contributed by atoms with Gasteiger partial charge in [-0.15, -0.1) is 0 Å². The molecule has 2 aliphatic carbocycles. The molecule has 3 aliphatic rings. The number of nitro groups is 1. The molecule has 0 radical (unpaired) electrons. The van der Waals surface area contributed by atoms with Gasteiger partial charge in [0.25, 0.3) is 11.6 Å². The maximum atomic E-state index is 12.9. The summed E-state index contributed by atoms with van der Waals surface area (Å²) in [4.78, 5) is 50.2. The van der Waals surface area contributed by atoms with Crippen molar-refractivity contribution in [2.75, 3.05) is 23.7 Å². The van der Waals surface area contributed by atoms with E-state index in [1.165, 1.54) is 23.1 Å². The van der Waals surface area contributed by atoms with E-state index in [0.717, 1.165) is 30.7 Å². The van der Waals surface area contributed by atoms with Gasteiger partial charge in [0.15, 0.2) is 0 Å². The maximum Gasteiger partial charge on any atom is 0.416 e. The number of nitro benzene ring substituents is 1. The molecule has 5 rings (SSSR count). The molecule has 1 aliphatic heterocycles. The predicted molar refractivity (Wildman–Crippen MR) is 125 cm³/mol. The fourth-order valence-electron chi connectivity index (χ4n) is 5.44. The summed E-state index contributed by atoms with van der Waals surface area (Å²) in [5, 5.41) is 16.8. The molecule has 0 aromatic heterocycles. The zero-order valence-corrected chi connectivity index (χ0v) is 19.2. The smallest absolute Gasteiger partial charge is 0.378 e. The number of fused-ring (bicyclic) bond motifs is 5. The Morgan fingerprint density at radius 2 is 1.73 bits per heavy atom. The third-order valence-corrected chi connectivity index (χ3v) is 7.12. The number of amides is 3. The summed E-state index contributed by atoms with van der Waals surface area (Å²) in [6.45, 7) is 0.106. The third-order valence-electron chi connectivity index (χ3n) is 7.12. The first-order valence-corrected chi connectivity index (χ1v) is 11.6. The number of rotatable bonds is 7. The summed E-state index contributed by atoms with van der Waals surface area (Å²) < 4.78 is 38.7. The van der Waals surface area contributed by atoms with Crippen LogP contribution in [-0.2, 0) is 15.8 Å². The van der Waals surface area contributed by atoms with Gasteiger partial charge in [-0.1, -0.05) is 18.2 Å². The molecular weight excluding hydrogens is 493 g/mol. The van der Waals surface area contributed by atoms with Crippen molar-refractivity contribution in [1.82, 2.24) is 4.90 Å². The number of allylic oxidation sites excluding steroid dienone is 2. The molecule has 1 heterocycles. The number of nitrogens with zero attached hydrogens (tertiary/aromatic N) is 2. The van der Waals surface area contributed by atoms with Crippen LogP contribution >= 0.6 is 0 Å². The second-order valence-electron chi connectivity index (χ2n) is 9.28. The van der Waals surface area contributed by atoms with Crippen LogP contribution in [0, 0.1) is 33.8 Å². The maximum absolute atomic E-state index is 12.9. The average Bonchev–Trinajstić information content (AvgIpc) is 3.53. The zero-order chi connectivity index (χ0) is 26.5. The second-order valence-corrected chi connectivity index (χ2v) is 9.28. The van der Waals surface area contributed by atoms with Crippen molar-refractivity contribution in [3.63, 3.8) is 0 Å². The van der Waals surface area contributed by atoms with E-state index < -0.39 is 28.3 Å². The lowest BCUT2D eigenvalue weighted by atomic mass is 9.85. The highest BCUT2D eigenvalue weighted by Crippen LogP contribution is 2.52. The molecular formula is C25H21F3N4O5. The van der Waals surface area contributed by atoms with Crippen LogP contribution in [0.2, 0.25) is 0 Å². The van der Waals surface area contributed by atoms with Crippen LogP contribution in [-0.4, -0.2) is 40.6 Å². The number of alkyl halides is 3. The third kappa shape index (κ3) is 4.43. The average molecular weight is 514 g/mol. The molecule has 3 amide bonds. The Morgan fingerprint density at radius 3 is 2.35 bits per heavy atom. The number of imide groups is 1. The highest BCUT2D eigenvalue weighted by Gasteiger charge is 2.58. The largest absolute Gasteiger partial charge is 0.416 e. The fourth-order valence-corrected chi connectivity index (χ4v) is 5.44. The number of anilines is 2. The molecule has 1 saturated carbocycles. The van der Waals surface area contributed by atoms with Crippen molar-refractivity contribution < 1.29 is 32.5 Å². The molecule has 0 unspecified atom stereocenters.